The van der Waals surface area contributed by atoms with Gasteiger partial charge in [-0.2, -0.15) is 0 Å². The van der Waals surface area contributed by atoms with Gasteiger partial charge in [0.25, 0.3) is 5.91 Å². The van der Waals surface area contributed by atoms with Crippen LogP contribution in [0.25, 0.3) is 0 Å². The fraction of sp³-hybridized carbons (Fsp3) is 0.571. The van der Waals surface area contributed by atoms with E-state index in [0.29, 0.717) is 18.5 Å². The Hall–Kier alpha value is -2.37. The fourth-order valence-electron chi connectivity index (χ4n) is 4.02. The zero-order valence-corrected chi connectivity index (χ0v) is 16.5. The van der Waals surface area contributed by atoms with Crippen LogP contribution < -0.4 is 10.2 Å². The summed E-state index contributed by atoms with van der Waals surface area (Å²) in [6.45, 7) is 8.82. The van der Waals surface area contributed by atoms with Gasteiger partial charge >= 0.3 is 0 Å². The van der Waals surface area contributed by atoms with Gasteiger partial charge in [0.2, 0.25) is 11.8 Å². The Kier molecular flexibility index (Phi) is 5.82. The number of hydrogen-bond acceptors (Lipinski definition) is 4. The number of fused-ring (bicyclic) bond motifs is 1. The first-order chi connectivity index (χ1) is 13.0. The van der Waals surface area contributed by atoms with Crippen molar-refractivity contribution in [3.05, 3.63) is 29.3 Å². The van der Waals surface area contributed by atoms with Gasteiger partial charge in [-0.25, -0.2) is 0 Å². The smallest absolute Gasteiger partial charge is 0.255 e. The van der Waals surface area contributed by atoms with Crippen molar-refractivity contribution < 1.29 is 14.4 Å². The molecule has 2 saturated heterocycles. The van der Waals surface area contributed by atoms with E-state index in [-0.39, 0.29) is 24.1 Å². The summed E-state index contributed by atoms with van der Waals surface area (Å²) < 4.78 is 0. The number of carbonyl (C=O) groups is 3. The molecule has 146 valence electrons. The number of amides is 3. The molecule has 1 aromatic rings. The molecule has 0 saturated carbocycles. The van der Waals surface area contributed by atoms with Crippen LogP contribution >= 0.6 is 0 Å². The molecule has 4 rings (SSSR count). The molecular weight excluding hydrogens is 342 g/mol. The molecule has 0 spiro atoms. The van der Waals surface area contributed by atoms with E-state index in [4.69, 9.17) is 0 Å². The summed E-state index contributed by atoms with van der Waals surface area (Å²) in [4.78, 5) is 40.1. The monoisotopic (exact) mass is 371 g/mol. The molecule has 0 radical (unpaired) electrons. The number of nitrogens with zero attached hydrogens (tertiary/aromatic N) is 2. The predicted molar refractivity (Wildman–Crippen MR) is 104 cm³/mol. The Balaban J connectivity index is 0.00000102. The van der Waals surface area contributed by atoms with Gasteiger partial charge in [0, 0.05) is 37.3 Å². The SMILES string of the molecule is CC.CC1CCN(c2ccc3c(c2)CN(C2CCC(=O)NC2=O)C3=O)CC1. The van der Waals surface area contributed by atoms with Crippen LogP contribution in [-0.2, 0) is 16.1 Å². The minimum atomic E-state index is -0.545. The van der Waals surface area contributed by atoms with Crippen molar-refractivity contribution in [2.45, 2.75) is 59.0 Å². The van der Waals surface area contributed by atoms with Crippen LogP contribution in [0.1, 0.15) is 62.4 Å². The van der Waals surface area contributed by atoms with Crippen molar-refractivity contribution in [2.24, 2.45) is 5.92 Å². The van der Waals surface area contributed by atoms with Crippen LogP contribution in [0.3, 0.4) is 0 Å². The lowest BCUT2D eigenvalue weighted by molar-refractivity contribution is -0.136. The largest absolute Gasteiger partial charge is 0.372 e. The van der Waals surface area contributed by atoms with Crippen LogP contribution in [0.15, 0.2) is 18.2 Å². The highest BCUT2D eigenvalue weighted by molar-refractivity contribution is 6.05. The van der Waals surface area contributed by atoms with E-state index in [0.717, 1.165) is 30.3 Å². The summed E-state index contributed by atoms with van der Waals surface area (Å²) in [7, 11) is 0. The highest BCUT2D eigenvalue weighted by atomic mass is 16.2. The van der Waals surface area contributed by atoms with Crippen LogP contribution in [0.4, 0.5) is 5.69 Å². The Morgan fingerprint density at radius 2 is 1.74 bits per heavy atom. The van der Waals surface area contributed by atoms with E-state index in [2.05, 4.69) is 23.2 Å². The van der Waals surface area contributed by atoms with Gasteiger partial charge in [0.15, 0.2) is 0 Å². The molecule has 6 nitrogen and oxygen atoms in total. The predicted octanol–water partition coefficient (Wildman–Crippen LogP) is 2.71. The lowest BCUT2D eigenvalue weighted by Crippen LogP contribution is -2.52. The number of carbonyl (C=O) groups excluding carboxylic acids is 3. The second kappa shape index (κ2) is 8.11. The molecule has 1 unspecified atom stereocenters. The number of nitrogens with one attached hydrogen (secondary N) is 1. The molecule has 2 fully saturated rings. The van der Waals surface area contributed by atoms with E-state index >= 15 is 0 Å². The number of rotatable bonds is 2. The molecule has 1 aromatic carbocycles. The molecule has 0 bridgehead atoms. The third-order valence-electron chi connectivity index (χ3n) is 5.66. The van der Waals surface area contributed by atoms with Gasteiger partial charge in [-0.05, 0) is 48.9 Å². The second-order valence-corrected chi connectivity index (χ2v) is 7.41. The van der Waals surface area contributed by atoms with Crippen molar-refractivity contribution in [1.29, 1.82) is 0 Å². The zero-order chi connectivity index (χ0) is 19.6. The van der Waals surface area contributed by atoms with Crippen molar-refractivity contribution >= 4 is 23.4 Å². The Labute approximate surface area is 160 Å². The normalized spacial score (nSPS) is 22.9. The average Bonchev–Trinajstić information content (AvgIpc) is 3.00. The van der Waals surface area contributed by atoms with E-state index in [1.54, 1.807) is 4.90 Å². The van der Waals surface area contributed by atoms with E-state index in [1.807, 2.05) is 26.0 Å². The van der Waals surface area contributed by atoms with Crippen molar-refractivity contribution in [1.82, 2.24) is 10.2 Å². The molecule has 6 heteroatoms. The quantitative estimate of drug-likeness (QED) is 0.812. The first-order valence-electron chi connectivity index (χ1n) is 10.1. The van der Waals surface area contributed by atoms with Crippen molar-refractivity contribution in [3.63, 3.8) is 0 Å². The van der Waals surface area contributed by atoms with E-state index < -0.39 is 6.04 Å². The Bertz CT molecular complexity index is 738. The highest BCUT2D eigenvalue weighted by Crippen LogP contribution is 2.31. The van der Waals surface area contributed by atoms with Crippen LogP contribution in [0.2, 0.25) is 0 Å². The maximum Gasteiger partial charge on any atom is 0.255 e. The molecule has 1 N–H and O–H groups in total. The van der Waals surface area contributed by atoms with Crippen LogP contribution in [0, 0.1) is 5.92 Å². The molecule has 27 heavy (non-hydrogen) atoms. The van der Waals surface area contributed by atoms with Gasteiger partial charge in [0.1, 0.15) is 6.04 Å². The molecule has 3 aliphatic rings. The number of piperidine rings is 2. The molecule has 1 atom stereocenters. The molecule has 0 aliphatic carbocycles. The molecular formula is C21H29N3O3. The maximum atomic E-state index is 12.7. The summed E-state index contributed by atoms with van der Waals surface area (Å²) >= 11 is 0. The van der Waals surface area contributed by atoms with Crippen LogP contribution in [-0.4, -0.2) is 41.8 Å². The first kappa shape index (κ1) is 19.4. The lowest BCUT2D eigenvalue weighted by atomic mass is 9.98. The molecule has 3 amide bonds. The molecule has 3 aliphatic heterocycles. The van der Waals surface area contributed by atoms with Gasteiger partial charge < -0.3 is 9.80 Å². The summed E-state index contributed by atoms with van der Waals surface area (Å²) in [5, 5.41) is 2.34. The summed E-state index contributed by atoms with van der Waals surface area (Å²) in [5.74, 6) is 0.0493. The minimum Gasteiger partial charge on any atom is -0.372 e. The number of anilines is 1. The first-order valence-corrected chi connectivity index (χ1v) is 10.1. The zero-order valence-electron chi connectivity index (χ0n) is 16.5. The number of hydrogen-bond donors (Lipinski definition) is 1. The third-order valence-corrected chi connectivity index (χ3v) is 5.66. The summed E-state index contributed by atoms with van der Waals surface area (Å²) in [6, 6.07) is 5.45. The second-order valence-electron chi connectivity index (χ2n) is 7.41. The Morgan fingerprint density at radius 3 is 2.41 bits per heavy atom. The topological polar surface area (TPSA) is 69.7 Å². The fourth-order valence-corrected chi connectivity index (χ4v) is 4.02. The number of benzene rings is 1. The van der Waals surface area contributed by atoms with Gasteiger partial charge in [-0.3, -0.25) is 19.7 Å². The third kappa shape index (κ3) is 3.84. The molecule has 3 heterocycles. The van der Waals surface area contributed by atoms with Crippen molar-refractivity contribution in [3.8, 4) is 0 Å². The maximum absolute atomic E-state index is 12.7. The van der Waals surface area contributed by atoms with Crippen LogP contribution in [0.5, 0.6) is 0 Å². The molecule has 0 aromatic heterocycles. The summed E-state index contributed by atoms with van der Waals surface area (Å²) in [6.07, 6.45) is 3.08. The highest BCUT2D eigenvalue weighted by Gasteiger charge is 2.39. The number of imide groups is 1. The van der Waals surface area contributed by atoms with Gasteiger partial charge in [-0.15, -0.1) is 0 Å². The Morgan fingerprint density at radius 1 is 1.04 bits per heavy atom. The van der Waals surface area contributed by atoms with Gasteiger partial charge in [0.05, 0.1) is 0 Å². The standard InChI is InChI=1S/C19H23N3O3.C2H6/c1-12-6-8-21(9-7-12)14-2-3-15-13(10-14)11-22(19(15)25)16-4-5-17(23)20-18(16)24;1-2/h2-3,10,12,16H,4-9,11H2,1H3,(H,20,23,24);1-2H3. The van der Waals surface area contributed by atoms with Gasteiger partial charge in [-0.1, -0.05) is 20.8 Å². The lowest BCUT2D eigenvalue weighted by Gasteiger charge is -2.32. The van der Waals surface area contributed by atoms with E-state index in [1.165, 1.54) is 12.8 Å². The van der Waals surface area contributed by atoms with Crippen molar-refractivity contribution in [2.75, 3.05) is 18.0 Å². The summed E-state index contributed by atoms with van der Waals surface area (Å²) in [5.41, 5.74) is 2.81. The average molecular weight is 371 g/mol. The van der Waals surface area contributed by atoms with E-state index in [9.17, 15) is 14.4 Å². The minimum absolute atomic E-state index is 0.108.